The van der Waals surface area contributed by atoms with E-state index >= 15 is 0 Å². The van der Waals surface area contributed by atoms with Crippen molar-refractivity contribution < 1.29 is 4.74 Å². The Kier molecular flexibility index (Phi) is 6.75. The number of nitrogens with one attached hydrogen (secondary N) is 1. The van der Waals surface area contributed by atoms with E-state index in [-0.39, 0.29) is 0 Å². The molecule has 0 spiro atoms. The quantitative estimate of drug-likeness (QED) is 0.780. The van der Waals surface area contributed by atoms with Gasteiger partial charge in [-0.2, -0.15) is 0 Å². The zero-order valence-electron chi connectivity index (χ0n) is 17.3. The van der Waals surface area contributed by atoms with Gasteiger partial charge in [0.05, 0.1) is 6.10 Å². The van der Waals surface area contributed by atoms with Crippen molar-refractivity contribution in [3.05, 3.63) is 53.9 Å². The first-order chi connectivity index (χ1) is 14.3. The number of anilines is 2. The minimum absolute atomic E-state index is 0.307. The first-order valence-electron chi connectivity index (χ1n) is 10.7. The Bertz CT molecular complexity index is 796. The Morgan fingerprint density at radius 2 is 1.97 bits per heavy atom. The Hall–Kier alpha value is -2.44. The molecule has 6 heteroatoms. The van der Waals surface area contributed by atoms with Gasteiger partial charge in [0.25, 0.3) is 0 Å². The van der Waals surface area contributed by atoms with Crippen LogP contribution in [0.5, 0.6) is 0 Å². The maximum atomic E-state index is 5.70. The Labute approximate surface area is 173 Å². The molecule has 0 aliphatic carbocycles. The first kappa shape index (κ1) is 19.9. The molecule has 0 radical (unpaired) electrons. The number of benzene rings is 1. The van der Waals surface area contributed by atoms with Crippen LogP contribution < -0.4 is 10.2 Å². The smallest absolute Gasteiger partial charge is 0.134 e. The molecule has 1 aromatic heterocycles. The topological polar surface area (TPSA) is 53.5 Å². The van der Waals surface area contributed by atoms with Gasteiger partial charge in [-0.15, -0.1) is 0 Å². The summed E-state index contributed by atoms with van der Waals surface area (Å²) >= 11 is 0. The first-order valence-corrected chi connectivity index (χ1v) is 10.7. The molecule has 0 amide bonds. The minimum atomic E-state index is 0.307. The Balaban J connectivity index is 1.28. The van der Waals surface area contributed by atoms with E-state index in [4.69, 9.17) is 4.74 Å². The maximum Gasteiger partial charge on any atom is 0.134 e. The molecule has 0 saturated carbocycles. The van der Waals surface area contributed by atoms with Crippen LogP contribution >= 0.6 is 0 Å². The van der Waals surface area contributed by atoms with Gasteiger partial charge >= 0.3 is 0 Å². The molecule has 1 unspecified atom stereocenters. The summed E-state index contributed by atoms with van der Waals surface area (Å²) < 4.78 is 5.70. The van der Waals surface area contributed by atoms with E-state index in [2.05, 4.69) is 73.6 Å². The number of aryl methyl sites for hydroxylation is 1. The average molecular weight is 394 g/mol. The SMILES string of the molecule is Cc1nc(NCC2CCCO2)cc(N2CCN(C/C=C/c3ccccc3)CC2)n1. The minimum Gasteiger partial charge on any atom is -0.376 e. The predicted molar refractivity (Wildman–Crippen MR) is 118 cm³/mol. The number of rotatable bonds is 7. The molecule has 6 nitrogen and oxygen atoms in total. The van der Waals surface area contributed by atoms with E-state index < -0.39 is 0 Å². The highest BCUT2D eigenvalue weighted by atomic mass is 16.5. The monoisotopic (exact) mass is 393 g/mol. The summed E-state index contributed by atoms with van der Waals surface area (Å²) in [6.07, 6.45) is 7.05. The van der Waals surface area contributed by atoms with E-state index in [9.17, 15) is 0 Å². The lowest BCUT2D eigenvalue weighted by molar-refractivity contribution is 0.120. The van der Waals surface area contributed by atoms with Gasteiger partial charge in [0.1, 0.15) is 17.5 Å². The molecule has 2 aliphatic heterocycles. The summed E-state index contributed by atoms with van der Waals surface area (Å²) in [4.78, 5) is 14.1. The summed E-state index contributed by atoms with van der Waals surface area (Å²) in [7, 11) is 0. The van der Waals surface area contributed by atoms with Gasteiger partial charge in [0.2, 0.25) is 0 Å². The summed E-state index contributed by atoms with van der Waals surface area (Å²) in [5, 5.41) is 3.44. The molecule has 2 saturated heterocycles. The molecule has 0 bridgehead atoms. The van der Waals surface area contributed by atoms with Gasteiger partial charge in [-0.3, -0.25) is 4.90 Å². The summed E-state index contributed by atoms with van der Waals surface area (Å²) in [6, 6.07) is 12.5. The van der Waals surface area contributed by atoms with E-state index in [1.807, 2.05) is 6.92 Å². The Morgan fingerprint density at radius 3 is 2.72 bits per heavy atom. The van der Waals surface area contributed by atoms with Crippen LogP contribution in [0.25, 0.3) is 6.08 Å². The van der Waals surface area contributed by atoms with Gasteiger partial charge in [-0.1, -0.05) is 42.5 Å². The fraction of sp³-hybridized carbons (Fsp3) is 0.478. The molecule has 154 valence electrons. The van der Waals surface area contributed by atoms with Crippen LogP contribution in [0, 0.1) is 6.92 Å². The second-order valence-corrected chi connectivity index (χ2v) is 7.78. The number of nitrogens with zero attached hydrogens (tertiary/aromatic N) is 4. The van der Waals surface area contributed by atoms with Crippen LogP contribution in [0.15, 0.2) is 42.5 Å². The third kappa shape index (κ3) is 5.78. The van der Waals surface area contributed by atoms with Crippen molar-refractivity contribution in [2.45, 2.75) is 25.9 Å². The van der Waals surface area contributed by atoms with Gasteiger partial charge in [-0.05, 0) is 25.3 Å². The lowest BCUT2D eigenvalue weighted by Crippen LogP contribution is -2.46. The highest BCUT2D eigenvalue weighted by Gasteiger charge is 2.19. The van der Waals surface area contributed by atoms with Crippen LogP contribution in [0.3, 0.4) is 0 Å². The molecule has 2 fully saturated rings. The van der Waals surface area contributed by atoms with E-state index in [1.165, 1.54) is 5.56 Å². The third-order valence-corrected chi connectivity index (χ3v) is 5.53. The highest BCUT2D eigenvalue weighted by molar-refractivity contribution is 5.50. The molecule has 2 aromatic rings. The number of piperazine rings is 1. The zero-order chi connectivity index (χ0) is 19.9. The van der Waals surface area contributed by atoms with E-state index in [0.29, 0.717) is 6.10 Å². The molecule has 1 N–H and O–H groups in total. The van der Waals surface area contributed by atoms with Gasteiger partial charge in [0.15, 0.2) is 0 Å². The number of hydrogen-bond acceptors (Lipinski definition) is 6. The van der Waals surface area contributed by atoms with Crippen LogP contribution in [0.2, 0.25) is 0 Å². The van der Waals surface area contributed by atoms with Gasteiger partial charge in [-0.25, -0.2) is 9.97 Å². The molecule has 4 rings (SSSR count). The van der Waals surface area contributed by atoms with Crippen molar-refractivity contribution in [3.63, 3.8) is 0 Å². The summed E-state index contributed by atoms with van der Waals surface area (Å²) in [5.41, 5.74) is 1.26. The van der Waals surface area contributed by atoms with Crippen molar-refractivity contribution in [3.8, 4) is 0 Å². The fourth-order valence-corrected chi connectivity index (χ4v) is 3.89. The second-order valence-electron chi connectivity index (χ2n) is 7.78. The number of ether oxygens (including phenoxy) is 1. The average Bonchev–Trinajstić information content (AvgIpc) is 3.27. The lowest BCUT2D eigenvalue weighted by atomic mass is 10.2. The van der Waals surface area contributed by atoms with Gasteiger partial charge in [0, 0.05) is 51.9 Å². The van der Waals surface area contributed by atoms with Crippen molar-refractivity contribution in [2.24, 2.45) is 0 Å². The standard InChI is InChI=1S/C23H31N5O/c1-19-25-22(24-18-21-10-6-16-29-21)17-23(26-19)28-14-12-27(13-15-28)11-5-9-20-7-3-2-4-8-20/h2-5,7-9,17,21H,6,10-16,18H2,1H3,(H,24,25,26)/b9-5+. The predicted octanol–water partition coefficient (Wildman–Crippen LogP) is 3.21. The van der Waals surface area contributed by atoms with Gasteiger partial charge < -0.3 is 15.0 Å². The molecular formula is C23H31N5O. The Morgan fingerprint density at radius 1 is 1.14 bits per heavy atom. The summed E-state index contributed by atoms with van der Waals surface area (Å²) in [5.74, 6) is 2.73. The molecule has 1 aromatic carbocycles. The third-order valence-electron chi connectivity index (χ3n) is 5.53. The largest absolute Gasteiger partial charge is 0.376 e. The van der Waals surface area contributed by atoms with E-state index in [1.54, 1.807) is 0 Å². The van der Waals surface area contributed by atoms with Crippen molar-refractivity contribution in [2.75, 3.05) is 56.1 Å². The molecule has 29 heavy (non-hydrogen) atoms. The van der Waals surface area contributed by atoms with Crippen molar-refractivity contribution in [1.82, 2.24) is 14.9 Å². The lowest BCUT2D eigenvalue weighted by Gasteiger charge is -2.35. The number of hydrogen-bond donors (Lipinski definition) is 1. The van der Waals surface area contributed by atoms with E-state index in [0.717, 1.165) is 76.2 Å². The van der Waals surface area contributed by atoms with Crippen LogP contribution in [-0.4, -0.2) is 66.8 Å². The molecular weight excluding hydrogens is 362 g/mol. The highest BCUT2D eigenvalue weighted by Crippen LogP contribution is 2.19. The van der Waals surface area contributed by atoms with Crippen LogP contribution in [0.1, 0.15) is 24.2 Å². The fourth-order valence-electron chi connectivity index (χ4n) is 3.89. The molecule has 3 heterocycles. The number of aromatic nitrogens is 2. The molecule has 2 aliphatic rings. The van der Waals surface area contributed by atoms with Crippen molar-refractivity contribution >= 4 is 17.7 Å². The van der Waals surface area contributed by atoms with Crippen LogP contribution in [-0.2, 0) is 4.74 Å². The second kappa shape index (κ2) is 9.85. The van der Waals surface area contributed by atoms with Crippen molar-refractivity contribution in [1.29, 1.82) is 0 Å². The molecule has 1 atom stereocenters. The normalized spacial score (nSPS) is 20.4. The maximum absolute atomic E-state index is 5.70. The summed E-state index contributed by atoms with van der Waals surface area (Å²) in [6.45, 7) is 8.71. The zero-order valence-corrected chi connectivity index (χ0v) is 17.3. The van der Waals surface area contributed by atoms with Crippen LogP contribution in [0.4, 0.5) is 11.6 Å².